The van der Waals surface area contributed by atoms with Crippen molar-refractivity contribution in [1.82, 2.24) is 4.90 Å². The number of benzene rings is 1. The summed E-state index contributed by atoms with van der Waals surface area (Å²) in [6, 6.07) is 9.27. The number of alkyl halides is 1. The van der Waals surface area contributed by atoms with Crippen LogP contribution in [-0.2, 0) is 6.54 Å². The highest BCUT2D eigenvalue weighted by Crippen LogP contribution is 2.09. The van der Waals surface area contributed by atoms with Gasteiger partial charge in [-0.15, -0.1) is 0 Å². The van der Waals surface area contributed by atoms with Gasteiger partial charge in [0.05, 0.1) is 0 Å². The molecule has 1 unspecified atom stereocenters. The molecule has 14 heavy (non-hydrogen) atoms. The van der Waals surface area contributed by atoms with Gasteiger partial charge in [-0.25, -0.2) is 0 Å². The van der Waals surface area contributed by atoms with Crippen molar-refractivity contribution in [3.05, 3.63) is 35.4 Å². The Labute approximate surface area is 95.2 Å². The Morgan fingerprint density at radius 2 is 2.14 bits per heavy atom. The minimum atomic E-state index is 0.579. The molecular formula is C12H18BrN. The summed E-state index contributed by atoms with van der Waals surface area (Å²) in [6.07, 6.45) is 0. The fourth-order valence-corrected chi connectivity index (χ4v) is 1.87. The average Bonchev–Trinajstić information content (AvgIpc) is 2.16. The third-order valence-corrected chi connectivity index (χ3v) is 3.43. The zero-order valence-electron chi connectivity index (χ0n) is 9.13. The van der Waals surface area contributed by atoms with E-state index in [9.17, 15) is 0 Å². The van der Waals surface area contributed by atoms with E-state index in [2.05, 4.69) is 66.0 Å². The van der Waals surface area contributed by atoms with Gasteiger partial charge in [0.2, 0.25) is 0 Å². The number of hydrogen-bond donors (Lipinski definition) is 0. The molecule has 1 rings (SSSR count). The summed E-state index contributed by atoms with van der Waals surface area (Å²) in [5.41, 5.74) is 2.72. The molecule has 0 amide bonds. The normalized spacial score (nSPS) is 13.2. The minimum absolute atomic E-state index is 0.579. The van der Waals surface area contributed by atoms with Crippen LogP contribution in [0.25, 0.3) is 0 Å². The summed E-state index contributed by atoms with van der Waals surface area (Å²) in [7, 11) is 2.16. The minimum Gasteiger partial charge on any atom is -0.299 e. The Hall–Kier alpha value is -0.340. The number of hydrogen-bond acceptors (Lipinski definition) is 1. The van der Waals surface area contributed by atoms with Crippen molar-refractivity contribution in [3.8, 4) is 0 Å². The van der Waals surface area contributed by atoms with E-state index in [1.54, 1.807) is 0 Å². The molecule has 78 valence electrons. The van der Waals surface area contributed by atoms with Gasteiger partial charge in [0, 0.05) is 17.9 Å². The Kier molecular flexibility index (Phi) is 4.63. The molecule has 0 spiro atoms. The van der Waals surface area contributed by atoms with Crippen molar-refractivity contribution in [2.24, 2.45) is 0 Å². The van der Waals surface area contributed by atoms with Crippen LogP contribution in [0.3, 0.4) is 0 Å². The van der Waals surface area contributed by atoms with E-state index >= 15 is 0 Å². The Balaban J connectivity index is 2.60. The van der Waals surface area contributed by atoms with Crippen LogP contribution in [0.15, 0.2) is 24.3 Å². The Bertz CT molecular complexity index is 285. The molecule has 1 nitrogen and oxygen atoms in total. The maximum atomic E-state index is 3.50. The lowest BCUT2D eigenvalue weighted by Crippen LogP contribution is -2.29. The number of aryl methyl sites for hydroxylation is 1. The quantitative estimate of drug-likeness (QED) is 0.748. The molecule has 0 heterocycles. The summed E-state index contributed by atoms with van der Waals surface area (Å²) in [5, 5.41) is 1.02. The van der Waals surface area contributed by atoms with Crippen molar-refractivity contribution in [2.45, 2.75) is 26.4 Å². The first-order chi connectivity index (χ1) is 6.63. The van der Waals surface area contributed by atoms with Crippen LogP contribution in [0.2, 0.25) is 0 Å². The molecule has 0 aliphatic heterocycles. The molecule has 0 saturated heterocycles. The summed E-state index contributed by atoms with van der Waals surface area (Å²) in [5.74, 6) is 0. The molecular weight excluding hydrogens is 238 g/mol. The SMILES string of the molecule is Cc1cccc(CN(C)C(C)CBr)c1. The van der Waals surface area contributed by atoms with Crippen molar-refractivity contribution < 1.29 is 0 Å². The lowest BCUT2D eigenvalue weighted by Gasteiger charge is -2.22. The van der Waals surface area contributed by atoms with E-state index in [1.807, 2.05) is 0 Å². The van der Waals surface area contributed by atoms with Gasteiger partial charge in [0.15, 0.2) is 0 Å². The zero-order chi connectivity index (χ0) is 10.6. The largest absolute Gasteiger partial charge is 0.299 e. The van der Waals surface area contributed by atoms with Gasteiger partial charge in [-0.05, 0) is 26.5 Å². The lowest BCUT2D eigenvalue weighted by atomic mass is 10.1. The van der Waals surface area contributed by atoms with Gasteiger partial charge in [-0.3, -0.25) is 4.90 Å². The maximum Gasteiger partial charge on any atom is 0.0233 e. The fraction of sp³-hybridized carbons (Fsp3) is 0.500. The predicted octanol–water partition coefficient (Wildman–Crippen LogP) is 3.21. The zero-order valence-corrected chi connectivity index (χ0v) is 10.7. The predicted molar refractivity (Wildman–Crippen MR) is 65.9 cm³/mol. The fourth-order valence-electron chi connectivity index (χ4n) is 1.37. The summed E-state index contributed by atoms with van der Waals surface area (Å²) < 4.78 is 0. The molecule has 0 bridgehead atoms. The highest BCUT2D eigenvalue weighted by Gasteiger charge is 2.07. The van der Waals surface area contributed by atoms with Crippen LogP contribution in [0.1, 0.15) is 18.1 Å². The van der Waals surface area contributed by atoms with Crippen LogP contribution < -0.4 is 0 Å². The highest BCUT2D eigenvalue weighted by molar-refractivity contribution is 9.09. The van der Waals surface area contributed by atoms with Gasteiger partial charge >= 0.3 is 0 Å². The first kappa shape index (κ1) is 11.7. The monoisotopic (exact) mass is 255 g/mol. The molecule has 0 radical (unpaired) electrons. The lowest BCUT2D eigenvalue weighted by molar-refractivity contribution is 0.270. The molecule has 1 atom stereocenters. The van der Waals surface area contributed by atoms with Crippen LogP contribution in [-0.4, -0.2) is 23.3 Å². The second kappa shape index (κ2) is 5.52. The Morgan fingerprint density at radius 3 is 2.71 bits per heavy atom. The topological polar surface area (TPSA) is 3.24 Å². The van der Waals surface area contributed by atoms with E-state index in [0.717, 1.165) is 11.9 Å². The van der Waals surface area contributed by atoms with Gasteiger partial charge in [0.1, 0.15) is 0 Å². The molecule has 1 aromatic rings. The van der Waals surface area contributed by atoms with Gasteiger partial charge < -0.3 is 0 Å². The summed E-state index contributed by atoms with van der Waals surface area (Å²) in [6.45, 7) is 5.39. The first-order valence-corrected chi connectivity index (χ1v) is 6.07. The molecule has 0 saturated carbocycles. The standard InChI is InChI=1S/C12H18BrN/c1-10-5-4-6-12(7-10)9-14(3)11(2)8-13/h4-7,11H,8-9H2,1-3H3. The molecule has 0 fully saturated rings. The average molecular weight is 256 g/mol. The van der Waals surface area contributed by atoms with E-state index in [4.69, 9.17) is 0 Å². The summed E-state index contributed by atoms with van der Waals surface area (Å²) >= 11 is 3.50. The van der Waals surface area contributed by atoms with Gasteiger partial charge in [-0.2, -0.15) is 0 Å². The third kappa shape index (κ3) is 3.43. The van der Waals surface area contributed by atoms with Crippen LogP contribution >= 0.6 is 15.9 Å². The molecule has 0 aliphatic rings. The maximum absolute atomic E-state index is 3.50. The second-order valence-electron chi connectivity index (χ2n) is 3.91. The smallest absolute Gasteiger partial charge is 0.0233 e. The molecule has 0 aliphatic carbocycles. The molecule has 2 heteroatoms. The van der Waals surface area contributed by atoms with Crippen molar-refractivity contribution in [3.63, 3.8) is 0 Å². The van der Waals surface area contributed by atoms with E-state index in [-0.39, 0.29) is 0 Å². The van der Waals surface area contributed by atoms with Crippen molar-refractivity contribution in [1.29, 1.82) is 0 Å². The van der Waals surface area contributed by atoms with Crippen LogP contribution in [0.4, 0.5) is 0 Å². The van der Waals surface area contributed by atoms with Crippen molar-refractivity contribution in [2.75, 3.05) is 12.4 Å². The van der Waals surface area contributed by atoms with Crippen LogP contribution in [0.5, 0.6) is 0 Å². The van der Waals surface area contributed by atoms with E-state index < -0.39 is 0 Å². The molecule has 0 N–H and O–H groups in total. The number of halogens is 1. The van der Waals surface area contributed by atoms with Gasteiger partial charge in [0.25, 0.3) is 0 Å². The number of rotatable bonds is 4. The Morgan fingerprint density at radius 1 is 1.43 bits per heavy atom. The van der Waals surface area contributed by atoms with Crippen LogP contribution in [0, 0.1) is 6.92 Å². The highest BCUT2D eigenvalue weighted by atomic mass is 79.9. The molecule has 0 aromatic heterocycles. The van der Waals surface area contributed by atoms with E-state index in [0.29, 0.717) is 6.04 Å². The number of nitrogens with zero attached hydrogens (tertiary/aromatic N) is 1. The van der Waals surface area contributed by atoms with Gasteiger partial charge in [-0.1, -0.05) is 45.8 Å². The van der Waals surface area contributed by atoms with E-state index in [1.165, 1.54) is 11.1 Å². The second-order valence-corrected chi connectivity index (χ2v) is 4.55. The molecule has 1 aromatic carbocycles. The summed E-state index contributed by atoms with van der Waals surface area (Å²) in [4.78, 5) is 2.35. The third-order valence-electron chi connectivity index (χ3n) is 2.49. The van der Waals surface area contributed by atoms with Crippen molar-refractivity contribution >= 4 is 15.9 Å². The first-order valence-electron chi connectivity index (χ1n) is 4.95.